The Morgan fingerprint density at radius 2 is 1.86 bits per heavy atom. The summed E-state index contributed by atoms with van der Waals surface area (Å²) in [6.07, 6.45) is 0.843. The quantitative estimate of drug-likeness (QED) is 0.815. The van der Waals surface area contributed by atoms with Gasteiger partial charge >= 0.3 is 0 Å². The molecule has 2 aromatic rings. The SMILES string of the molecule is CCc1cc(Br)c2ccccc2c1O. The lowest BCUT2D eigenvalue weighted by Gasteiger charge is -2.07. The fourth-order valence-corrected chi connectivity index (χ4v) is 2.26. The van der Waals surface area contributed by atoms with E-state index >= 15 is 0 Å². The summed E-state index contributed by atoms with van der Waals surface area (Å²) in [5.74, 6) is 0.409. The summed E-state index contributed by atoms with van der Waals surface area (Å²) in [5.41, 5.74) is 0.982. The molecule has 0 unspecified atom stereocenters. The van der Waals surface area contributed by atoms with Crippen molar-refractivity contribution in [2.75, 3.05) is 0 Å². The molecule has 0 amide bonds. The van der Waals surface area contributed by atoms with E-state index in [0.717, 1.165) is 27.2 Å². The molecule has 0 aliphatic rings. The number of phenolic OH excluding ortho intramolecular Hbond substituents is 1. The first-order chi connectivity index (χ1) is 6.74. The zero-order chi connectivity index (χ0) is 10.1. The minimum absolute atomic E-state index is 0.409. The molecule has 0 bridgehead atoms. The predicted molar refractivity (Wildman–Crippen MR) is 62.7 cm³/mol. The molecule has 2 heteroatoms. The van der Waals surface area contributed by atoms with Gasteiger partial charge in [-0.05, 0) is 23.4 Å². The maximum Gasteiger partial charge on any atom is 0.126 e. The number of rotatable bonds is 1. The van der Waals surface area contributed by atoms with Crippen molar-refractivity contribution >= 4 is 26.7 Å². The van der Waals surface area contributed by atoms with E-state index in [-0.39, 0.29) is 0 Å². The predicted octanol–water partition coefficient (Wildman–Crippen LogP) is 3.87. The summed E-state index contributed by atoms with van der Waals surface area (Å²) in [4.78, 5) is 0. The number of phenols is 1. The van der Waals surface area contributed by atoms with Crippen LogP contribution in [0.15, 0.2) is 34.8 Å². The van der Waals surface area contributed by atoms with Crippen LogP contribution in [0.4, 0.5) is 0 Å². The van der Waals surface area contributed by atoms with E-state index in [0.29, 0.717) is 5.75 Å². The van der Waals surface area contributed by atoms with Crippen LogP contribution in [0, 0.1) is 0 Å². The highest BCUT2D eigenvalue weighted by Crippen LogP contribution is 2.34. The molecular formula is C12H11BrO. The Hall–Kier alpha value is -1.02. The third kappa shape index (κ3) is 1.40. The van der Waals surface area contributed by atoms with Gasteiger partial charge in [-0.15, -0.1) is 0 Å². The highest BCUT2D eigenvalue weighted by molar-refractivity contribution is 9.10. The van der Waals surface area contributed by atoms with Gasteiger partial charge < -0.3 is 5.11 Å². The Bertz CT molecular complexity index is 477. The molecule has 0 aromatic heterocycles. The molecule has 0 aliphatic carbocycles. The summed E-state index contributed by atoms with van der Waals surface area (Å²) in [7, 11) is 0. The van der Waals surface area contributed by atoms with E-state index in [4.69, 9.17) is 0 Å². The first-order valence-electron chi connectivity index (χ1n) is 4.63. The standard InChI is InChI=1S/C12H11BrO/c1-2-8-7-11(13)9-5-3-4-6-10(9)12(8)14/h3-7,14H,2H2,1H3. The van der Waals surface area contributed by atoms with Crippen molar-refractivity contribution in [1.29, 1.82) is 0 Å². The molecule has 0 spiro atoms. The van der Waals surface area contributed by atoms with Gasteiger partial charge in [0.25, 0.3) is 0 Å². The van der Waals surface area contributed by atoms with Gasteiger partial charge in [0.05, 0.1) is 0 Å². The average Bonchev–Trinajstić information content (AvgIpc) is 2.23. The number of fused-ring (bicyclic) bond motifs is 1. The van der Waals surface area contributed by atoms with Gasteiger partial charge in [-0.25, -0.2) is 0 Å². The van der Waals surface area contributed by atoms with Crippen LogP contribution in [-0.4, -0.2) is 5.11 Å². The van der Waals surface area contributed by atoms with Crippen LogP contribution in [-0.2, 0) is 6.42 Å². The fraction of sp³-hybridized carbons (Fsp3) is 0.167. The lowest BCUT2D eigenvalue weighted by atomic mass is 10.0. The van der Waals surface area contributed by atoms with E-state index in [9.17, 15) is 5.11 Å². The third-order valence-corrected chi connectivity index (χ3v) is 3.08. The van der Waals surface area contributed by atoms with Crippen LogP contribution in [0.25, 0.3) is 10.8 Å². The molecule has 0 saturated heterocycles. The largest absolute Gasteiger partial charge is 0.507 e. The number of aromatic hydroxyl groups is 1. The first-order valence-corrected chi connectivity index (χ1v) is 5.42. The van der Waals surface area contributed by atoms with Crippen LogP contribution < -0.4 is 0 Å². The lowest BCUT2D eigenvalue weighted by molar-refractivity contribution is 0.475. The summed E-state index contributed by atoms with van der Waals surface area (Å²) in [5, 5.41) is 11.9. The molecule has 0 saturated carbocycles. The maximum absolute atomic E-state index is 9.95. The minimum Gasteiger partial charge on any atom is -0.507 e. The van der Waals surface area contributed by atoms with Crippen molar-refractivity contribution in [3.8, 4) is 5.75 Å². The Morgan fingerprint density at radius 1 is 1.21 bits per heavy atom. The van der Waals surface area contributed by atoms with E-state index in [1.807, 2.05) is 37.3 Å². The second kappa shape index (κ2) is 3.62. The van der Waals surface area contributed by atoms with Crippen molar-refractivity contribution in [1.82, 2.24) is 0 Å². The zero-order valence-corrected chi connectivity index (χ0v) is 9.51. The molecular weight excluding hydrogens is 240 g/mol. The molecule has 14 heavy (non-hydrogen) atoms. The maximum atomic E-state index is 9.95. The van der Waals surface area contributed by atoms with Crippen molar-refractivity contribution < 1.29 is 5.11 Å². The van der Waals surface area contributed by atoms with E-state index in [1.54, 1.807) is 0 Å². The molecule has 2 rings (SSSR count). The van der Waals surface area contributed by atoms with Crippen LogP contribution in [0.1, 0.15) is 12.5 Å². The average molecular weight is 251 g/mol. The smallest absolute Gasteiger partial charge is 0.126 e. The number of benzene rings is 2. The van der Waals surface area contributed by atoms with Gasteiger partial charge in [-0.1, -0.05) is 47.1 Å². The second-order valence-electron chi connectivity index (χ2n) is 3.27. The number of aryl methyl sites for hydroxylation is 1. The summed E-state index contributed by atoms with van der Waals surface area (Å²) < 4.78 is 1.04. The van der Waals surface area contributed by atoms with E-state index < -0.39 is 0 Å². The molecule has 0 atom stereocenters. The molecule has 0 heterocycles. The van der Waals surface area contributed by atoms with Crippen molar-refractivity contribution in [2.24, 2.45) is 0 Å². The summed E-state index contributed by atoms with van der Waals surface area (Å²) in [6.45, 7) is 2.04. The number of halogens is 1. The van der Waals surface area contributed by atoms with Crippen LogP contribution in [0.3, 0.4) is 0 Å². The van der Waals surface area contributed by atoms with Gasteiger partial charge in [0.15, 0.2) is 0 Å². The van der Waals surface area contributed by atoms with E-state index in [1.165, 1.54) is 0 Å². The molecule has 0 fully saturated rings. The van der Waals surface area contributed by atoms with Gasteiger partial charge in [0, 0.05) is 9.86 Å². The van der Waals surface area contributed by atoms with Crippen LogP contribution in [0.2, 0.25) is 0 Å². The molecule has 72 valence electrons. The highest BCUT2D eigenvalue weighted by atomic mass is 79.9. The second-order valence-corrected chi connectivity index (χ2v) is 4.12. The number of hydrogen-bond acceptors (Lipinski definition) is 1. The van der Waals surface area contributed by atoms with E-state index in [2.05, 4.69) is 15.9 Å². The Labute approximate surface area is 91.5 Å². The Balaban J connectivity index is 2.87. The summed E-state index contributed by atoms with van der Waals surface area (Å²) in [6, 6.07) is 9.83. The highest BCUT2D eigenvalue weighted by Gasteiger charge is 2.07. The Morgan fingerprint density at radius 3 is 2.50 bits per heavy atom. The topological polar surface area (TPSA) is 20.2 Å². The molecule has 1 N–H and O–H groups in total. The van der Waals surface area contributed by atoms with Crippen molar-refractivity contribution in [3.63, 3.8) is 0 Å². The zero-order valence-electron chi connectivity index (χ0n) is 7.92. The Kier molecular flexibility index (Phi) is 2.46. The van der Waals surface area contributed by atoms with Crippen LogP contribution >= 0.6 is 15.9 Å². The third-order valence-electron chi connectivity index (χ3n) is 2.43. The van der Waals surface area contributed by atoms with Crippen molar-refractivity contribution in [2.45, 2.75) is 13.3 Å². The molecule has 1 nitrogen and oxygen atoms in total. The fourth-order valence-electron chi connectivity index (χ4n) is 1.64. The monoisotopic (exact) mass is 250 g/mol. The molecule has 0 aliphatic heterocycles. The number of hydrogen-bond donors (Lipinski definition) is 1. The first kappa shape index (κ1) is 9.53. The summed E-state index contributed by atoms with van der Waals surface area (Å²) >= 11 is 3.51. The van der Waals surface area contributed by atoms with Gasteiger partial charge in [-0.3, -0.25) is 0 Å². The minimum atomic E-state index is 0.409. The lowest BCUT2D eigenvalue weighted by Crippen LogP contribution is -1.84. The van der Waals surface area contributed by atoms with Gasteiger partial charge in [-0.2, -0.15) is 0 Å². The molecule has 2 aromatic carbocycles. The van der Waals surface area contributed by atoms with Crippen LogP contribution in [0.5, 0.6) is 5.75 Å². The normalized spacial score (nSPS) is 10.7. The van der Waals surface area contributed by atoms with Gasteiger partial charge in [0.2, 0.25) is 0 Å². The van der Waals surface area contributed by atoms with Crippen molar-refractivity contribution in [3.05, 3.63) is 40.4 Å². The van der Waals surface area contributed by atoms with Gasteiger partial charge in [0.1, 0.15) is 5.75 Å². The molecule has 0 radical (unpaired) electrons.